The van der Waals surface area contributed by atoms with Crippen LogP contribution in [0.1, 0.15) is 37.1 Å². The summed E-state index contributed by atoms with van der Waals surface area (Å²) in [4.78, 5) is 20.7. The summed E-state index contributed by atoms with van der Waals surface area (Å²) in [5, 5.41) is 26.3. The third-order valence-electron chi connectivity index (χ3n) is 6.53. The average Bonchev–Trinajstić information content (AvgIpc) is 3.23. The predicted octanol–water partition coefficient (Wildman–Crippen LogP) is 2.42. The molecule has 0 radical (unpaired) electrons. The number of aliphatic carboxylic acids is 1. The molecule has 0 amide bonds. The number of hydrogen-bond donors (Lipinski definition) is 4. The van der Waals surface area contributed by atoms with E-state index in [2.05, 4.69) is 20.4 Å². The Kier molecular flexibility index (Phi) is 4.38. The quantitative estimate of drug-likeness (QED) is 0.477. The van der Waals surface area contributed by atoms with E-state index in [9.17, 15) is 9.90 Å². The van der Waals surface area contributed by atoms with E-state index in [1.165, 1.54) is 0 Å². The fraction of sp³-hybridized carbons (Fsp3) is 0.381. The number of aromatic nitrogens is 4. The number of carboxylic acids is 1. The van der Waals surface area contributed by atoms with Crippen molar-refractivity contribution in [2.24, 2.45) is 17.8 Å². The SMILES string of the molecule is N=C(c1nc(N[C@H]2C3CCC(CC3)[C@@H]2C(=O)O)c2cccn2n1)c1cccnc1N. The van der Waals surface area contributed by atoms with Crippen molar-refractivity contribution in [3.05, 3.63) is 48.0 Å². The van der Waals surface area contributed by atoms with E-state index in [0.29, 0.717) is 17.3 Å². The molecule has 30 heavy (non-hydrogen) atoms. The molecule has 2 bridgehead atoms. The monoisotopic (exact) mass is 405 g/mol. The van der Waals surface area contributed by atoms with Gasteiger partial charge in [0.15, 0.2) is 5.82 Å². The van der Waals surface area contributed by atoms with Crippen LogP contribution in [0.3, 0.4) is 0 Å². The van der Waals surface area contributed by atoms with Gasteiger partial charge in [0.25, 0.3) is 0 Å². The first-order chi connectivity index (χ1) is 14.5. The van der Waals surface area contributed by atoms with Gasteiger partial charge < -0.3 is 16.2 Å². The number of hydrogen-bond acceptors (Lipinski definition) is 7. The Morgan fingerprint density at radius 2 is 1.97 bits per heavy atom. The maximum Gasteiger partial charge on any atom is 0.308 e. The number of nitrogens with one attached hydrogen (secondary N) is 2. The van der Waals surface area contributed by atoms with Crippen molar-refractivity contribution in [2.45, 2.75) is 31.7 Å². The number of carbonyl (C=O) groups is 1. The highest BCUT2D eigenvalue weighted by Crippen LogP contribution is 2.46. The summed E-state index contributed by atoms with van der Waals surface area (Å²) >= 11 is 0. The molecule has 3 fully saturated rings. The number of carboxylic acid groups (broad SMARTS) is 1. The summed E-state index contributed by atoms with van der Waals surface area (Å²) in [6, 6.07) is 6.97. The summed E-state index contributed by atoms with van der Waals surface area (Å²) in [6.07, 6.45) is 7.36. The molecular formula is C21H23N7O2. The molecule has 6 rings (SSSR count). The second-order valence-electron chi connectivity index (χ2n) is 8.14. The highest BCUT2D eigenvalue weighted by molar-refractivity contribution is 6.11. The van der Waals surface area contributed by atoms with Gasteiger partial charge in [-0.15, -0.1) is 5.10 Å². The van der Waals surface area contributed by atoms with Gasteiger partial charge in [-0.2, -0.15) is 0 Å². The molecule has 0 spiro atoms. The first-order valence-electron chi connectivity index (χ1n) is 10.2. The van der Waals surface area contributed by atoms with Gasteiger partial charge in [0, 0.05) is 24.0 Å². The number of nitrogens with two attached hydrogens (primary N) is 1. The number of fused-ring (bicyclic) bond motifs is 4. The Morgan fingerprint density at radius 1 is 1.20 bits per heavy atom. The summed E-state index contributed by atoms with van der Waals surface area (Å²) in [5.74, 6) is 0.303. The molecule has 154 valence electrons. The molecule has 9 heteroatoms. The normalized spacial score (nSPS) is 25.3. The van der Waals surface area contributed by atoms with E-state index in [0.717, 1.165) is 31.2 Å². The van der Waals surface area contributed by atoms with Crippen LogP contribution in [0.5, 0.6) is 0 Å². The lowest BCUT2D eigenvalue weighted by Gasteiger charge is -2.47. The van der Waals surface area contributed by atoms with Gasteiger partial charge in [-0.1, -0.05) is 0 Å². The zero-order chi connectivity index (χ0) is 20.8. The highest BCUT2D eigenvalue weighted by Gasteiger charge is 2.47. The number of nitrogen functional groups attached to an aromatic ring is 1. The summed E-state index contributed by atoms with van der Waals surface area (Å²) in [6.45, 7) is 0. The van der Waals surface area contributed by atoms with Crippen molar-refractivity contribution in [3.63, 3.8) is 0 Å². The summed E-state index contributed by atoms with van der Waals surface area (Å²) < 4.78 is 1.66. The van der Waals surface area contributed by atoms with Gasteiger partial charge in [0.05, 0.1) is 5.92 Å². The maximum atomic E-state index is 12.0. The molecule has 3 heterocycles. The van der Waals surface area contributed by atoms with Crippen molar-refractivity contribution in [1.82, 2.24) is 19.6 Å². The van der Waals surface area contributed by atoms with Crippen molar-refractivity contribution in [1.29, 1.82) is 5.41 Å². The Labute approximate surface area is 172 Å². The zero-order valence-electron chi connectivity index (χ0n) is 16.3. The summed E-state index contributed by atoms with van der Waals surface area (Å²) in [7, 11) is 0. The summed E-state index contributed by atoms with van der Waals surface area (Å²) in [5.41, 5.74) is 7.21. The van der Waals surface area contributed by atoms with Crippen molar-refractivity contribution >= 4 is 28.8 Å². The minimum Gasteiger partial charge on any atom is -0.481 e. The van der Waals surface area contributed by atoms with E-state index in [1.54, 1.807) is 29.0 Å². The van der Waals surface area contributed by atoms with Crippen LogP contribution in [-0.4, -0.2) is 42.4 Å². The average molecular weight is 405 g/mol. The Hall–Kier alpha value is -3.49. The molecule has 3 aromatic heterocycles. The molecule has 3 aliphatic rings. The standard InChI is InChI=1S/C21H23N7O2/c22-16(13-3-1-9-24-18(13)23)20-26-19(14-4-2-10-28(14)27-20)25-17-12-7-5-11(6-8-12)15(17)21(29)30/h1-4,9-12,15,17,22H,5-8H2,(H2,23,24)(H,29,30)(H,25,26,27)/t11?,12?,15-,17-/m0/s1. The molecule has 2 atom stereocenters. The molecule has 0 aliphatic heterocycles. The smallest absolute Gasteiger partial charge is 0.308 e. The van der Waals surface area contributed by atoms with Crippen molar-refractivity contribution < 1.29 is 9.90 Å². The van der Waals surface area contributed by atoms with E-state index >= 15 is 0 Å². The van der Waals surface area contributed by atoms with Crippen molar-refractivity contribution in [3.8, 4) is 0 Å². The molecule has 0 aromatic carbocycles. The van der Waals surface area contributed by atoms with Gasteiger partial charge >= 0.3 is 5.97 Å². The fourth-order valence-electron chi connectivity index (χ4n) is 5.07. The fourth-order valence-corrected chi connectivity index (χ4v) is 5.07. The first-order valence-corrected chi connectivity index (χ1v) is 10.2. The largest absolute Gasteiger partial charge is 0.481 e. The van der Waals surface area contributed by atoms with Gasteiger partial charge in [-0.25, -0.2) is 14.5 Å². The third-order valence-corrected chi connectivity index (χ3v) is 6.53. The molecule has 5 N–H and O–H groups in total. The second-order valence-corrected chi connectivity index (χ2v) is 8.14. The van der Waals surface area contributed by atoms with Gasteiger partial charge in [0.2, 0.25) is 5.82 Å². The number of rotatable bonds is 5. The van der Waals surface area contributed by atoms with Gasteiger partial charge in [-0.05, 0) is 61.8 Å². The second kappa shape index (κ2) is 7.08. The molecule has 9 nitrogen and oxygen atoms in total. The maximum absolute atomic E-state index is 12.0. The Bertz CT molecular complexity index is 1130. The van der Waals surface area contributed by atoms with E-state index in [1.807, 2.05) is 12.1 Å². The lowest BCUT2D eigenvalue weighted by Crippen LogP contribution is -2.51. The molecule has 0 saturated heterocycles. The van der Waals surface area contributed by atoms with Crippen LogP contribution in [0.15, 0.2) is 36.7 Å². The van der Waals surface area contributed by atoms with Crippen LogP contribution >= 0.6 is 0 Å². The molecule has 3 aliphatic carbocycles. The minimum atomic E-state index is -0.751. The van der Waals surface area contributed by atoms with E-state index in [-0.39, 0.29) is 29.3 Å². The third kappa shape index (κ3) is 2.97. The Morgan fingerprint density at radius 3 is 2.70 bits per heavy atom. The molecule has 3 aromatic rings. The predicted molar refractivity (Wildman–Crippen MR) is 112 cm³/mol. The molecule has 3 saturated carbocycles. The minimum absolute atomic E-state index is 0.0687. The molecule has 0 unspecified atom stereocenters. The van der Waals surface area contributed by atoms with E-state index in [4.69, 9.17) is 11.1 Å². The van der Waals surface area contributed by atoms with Crippen LogP contribution in [0.4, 0.5) is 11.6 Å². The van der Waals surface area contributed by atoms with Crippen molar-refractivity contribution in [2.75, 3.05) is 11.1 Å². The molecular weight excluding hydrogens is 382 g/mol. The highest BCUT2D eigenvalue weighted by atomic mass is 16.4. The number of anilines is 2. The number of pyridine rings is 1. The van der Waals surface area contributed by atoms with E-state index < -0.39 is 11.9 Å². The lowest BCUT2D eigenvalue weighted by molar-refractivity contribution is -0.148. The lowest BCUT2D eigenvalue weighted by atomic mass is 9.61. The zero-order valence-corrected chi connectivity index (χ0v) is 16.3. The topological polar surface area (TPSA) is 142 Å². The van der Waals surface area contributed by atoms with Crippen LogP contribution in [0, 0.1) is 23.2 Å². The first kappa shape index (κ1) is 18.5. The van der Waals surface area contributed by atoms with Crippen LogP contribution in [-0.2, 0) is 4.79 Å². The number of nitrogens with zero attached hydrogens (tertiary/aromatic N) is 4. The Balaban J connectivity index is 1.55. The van der Waals surface area contributed by atoms with Gasteiger partial charge in [0.1, 0.15) is 17.0 Å². The van der Waals surface area contributed by atoms with Crippen LogP contribution in [0.2, 0.25) is 0 Å². The van der Waals surface area contributed by atoms with Gasteiger partial charge in [-0.3, -0.25) is 10.2 Å². The van der Waals surface area contributed by atoms with Crippen LogP contribution < -0.4 is 11.1 Å². The van der Waals surface area contributed by atoms with Crippen LogP contribution in [0.25, 0.3) is 5.52 Å².